The van der Waals surface area contributed by atoms with Crippen LogP contribution in [0.3, 0.4) is 0 Å². The highest BCUT2D eigenvalue weighted by molar-refractivity contribution is 6.23. The molecule has 0 amide bonds. The summed E-state index contributed by atoms with van der Waals surface area (Å²) in [4.78, 5) is 5.11. The summed E-state index contributed by atoms with van der Waals surface area (Å²) in [7, 11) is 0. The Morgan fingerprint density at radius 2 is 1.10 bits per heavy atom. The molecule has 0 N–H and O–H groups in total. The molecule has 0 bridgehead atoms. The van der Waals surface area contributed by atoms with Crippen molar-refractivity contribution < 1.29 is 4.42 Å². The van der Waals surface area contributed by atoms with E-state index in [1.165, 1.54) is 32.4 Å². The molecule has 11 rings (SSSR count). The van der Waals surface area contributed by atoms with Crippen LogP contribution in [0.4, 0.5) is 0 Å². The summed E-state index contributed by atoms with van der Waals surface area (Å²) in [6.45, 7) is 0. The minimum Gasteiger partial charge on any atom is -0.455 e. The summed E-state index contributed by atoms with van der Waals surface area (Å²) in [6, 6.07) is 58.2. The quantitative estimate of drug-likeness (QED) is 0.196. The van der Waals surface area contributed by atoms with Gasteiger partial charge in [-0.25, -0.2) is 4.98 Å². The van der Waals surface area contributed by atoms with Gasteiger partial charge in [0.25, 0.3) is 0 Å². The van der Waals surface area contributed by atoms with E-state index in [-0.39, 0.29) is 0 Å². The zero-order valence-corrected chi connectivity index (χ0v) is 26.3. The highest BCUT2D eigenvalue weighted by Crippen LogP contribution is 2.42. The third-order valence-corrected chi connectivity index (χ3v) is 10.1. The van der Waals surface area contributed by atoms with E-state index in [9.17, 15) is 0 Å². The van der Waals surface area contributed by atoms with Crippen LogP contribution in [0.2, 0.25) is 0 Å². The first-order chi connectivity index (χ1) is 24.3. The molecule has 0 aliphatic carbocycles. The second kappa shape index (κ2) is 9.93. The second-order valence-corrected chi connectivity index (χ2v) is 12.8. The molecule has 4 heteroatoms. The second-order valence-electron chi connectivity index (χ2n) is 12.8. The summed E-state index contributed by atoms with van der Waals surface area (Å²) < 4.78 is 11.3. The molecule has 0 aliphatic heterocycles. The van der Waals surface area contributed by atoms with E-state index in [0.29, 0.717) is 0 Å². The van der Waals surface area contributed by atoms with Crippen LogP contribution in [0, 0.1) is 0 Å². The number of benzene rings is 8. The number of nitrogens with zero attached hydrogens (tertiary/aromatic N) is 3. The molecule has 3 aromatic heterocycles. The lowest BCUT2D eigenvalue weighted by molar-refractivity contribution is 0.673. The molecule has 0 radical (unpaired) electrons. The average molecular weight is 626 g/mol. The Hall–Kier alpha value is -6.65. The number of furan rings is 1. The fourth-order valence-electron chi connectivity index (χ4n) is 7.86. The monoisotopic (exact) mass is 625 g/mol. The van der Waals surface area contributed by atoms with Crippen molar-refractivity contribution in [3.05, 3.63) is 164 Å². The maximum atomic E-state index is 6.68. The van der Waals surface area contributed by atoms with E-state index in [2.05, 4.69) is 161 Å². The molecule has 11 aromatic rings. The fourth-order valence-corrected chi connectivity index (χ4v) is 7.86. The van der Waals surface area contributed by atoms with Crippen LogP contribution >= 0.6 is 0 Å². The van der Waals surface area contributed by atoms with Crippen molar-refractivity contribution in [2.45, 2.75) is 0 Å². The van der Waals surface area contributed by atoms with Crippen molar-refractivity contribution in [3.8, 4) is 22.8 Å². The number of aromatic nitrogens is 3. The number of hydrogen-bond acceptors (Lipinski definition) is 2. The van der Waals surface area contributed by atoms with Gasteiger partial charge in [0.05, 0.1) is 22.1 Å². The fraction of sp³-hybridized carbons (Fsp3) is 0. The third-order valence-electron chi connectivity index (χ3n) is 10.1. The molecule has 8 aromatic carbocycles. The summed E-state index contributed by atoms with van der Waals surface area (Å²) in [5.41, 5.74) is 9.43. The number of hydrogen-bond donors (Lipinski definition) is 0. The van der Waals surface area contributed by atoms with E-state index in [1.54, 1.807) is 0 Å². The molecule has 0 spiro atoms. The van der Waals surface area contributed by atoms with Crippen LogP contribution in [0.25, 0.3) is 99.1 Å². The first kappa shape index (κ1) is 26.4. The molecule has 49 heavy (non-hydrogen) atoms. The molecular weight excluding hydrogens is 599 g/mol. The Bertz CT molecular complexity index is 3090. The van der Waals surface area contributed by atoms with Crippen LogP contribution in [-0.2, 0) is 0 Å². The lowest BCUT2D eigenvalue weighted by Crippen LogP contribution is -1.98. The molecule has 228 valence electrons. The molecule has 3 heterocycles. The van der Waals surface area contributed by atoms with Gasteiger partial charge in [0.2, 0.25) is 0 Å². The zero-order chi connectivity index (χ0) is 32.1. The van der Waals surface area contributed by atoms with Crippen molar-refractivity contribution >= 4 is 76.3 Å². The van der Waals surface area contributed by atoms with Gasteiger partial charge in [-0.05, 0) is 71.4 Å². The Kier molecular flexibility index (Phi) is 5.35. The van der Waals surface area contributed by atoms with Crippen molar-refractivity contribution in [1.29, 1.82) is 0 Å². The number of rotatable bonds is 3. The first-order valence-corrected chi connectivity index (χ1v) is 16.6. The minimum absolute atomic E-state index is 0.889. The topological polar surface area (TPSA) is 35.9 Å². The summed E-state index contributed by atoms with van der Waals surface area (Å²) >= 11 is 0. The SMILES string of the molecule is c1ccc(-n2c(-c3ccc(-n4c5cc6oc7c8ccccc8ccc7c6cc5c5ccc6ccccc6c54)cc3)nc3ccccc32)cc1. The maximum Gasteiger partial charge on any atom is 0.145 e. The normalized spacial score (nSPS) is 12.1. The van der Waals surface area contributed by atoms with Gasteiger partial charge in [0.1, 0.15) is 17.0 Å². The van der Waals surface area contributed by atoms with Crippen molar-refractivity contribution in [3.63, 3.8) is 0 Å². The Labute approximate surface area is 280 Å². The van der Waals surface area contributed by atoms with Gasteiger partial charge >= 0.3 is 0 Å². The predicted molar refractivity (Wildman–Crippen MR) is 203 cm³/mol. The zero-order valence-electron chi connectivity index (χ0n) is 26.3. The summed E-state index contributed by atoms with van der Waals surface area (Å²) in [5.74, 6) is 0.919. The summed E-state index contributed by atoms with van der Waals surface area (Å²) in [6.07, 6.45) is 0. The predicted octanol–water partition coefficient (Wildman–Crippen LogP) is 12.0. The largest absolute Gasteiger partial charge is 0.455 e. The van der Waals surface area contributed by atoms with Gasteiger partial charge in [-0.1, -0.05) is 97.1 Å². The van der Waals surface area contributed by atoms with Crippen molar-refractivity contribution in [2.75, 3.05) is 0 Å². The van der Waals surface area contributed by atoms with Gasteiger partial charge in [-0.15, -0.1) is 0 Å². The molecule has 0 unspecified atom stereocenters. The molecule has 0 fully saturated rings. The van der Waals surface area contributed by atoms with Crippen LogP contribution in [0.1, 0.15) is 0 Å². The van der Waals surface area contributed by atoms with Crippen molar-refractivity contribution in [1.82, 2.24) is 14.1 Å². The molecule has 0 atom stereocenters. The van der Waals surface area contributed by atoms with Gasteiger partial charge in [-0.2, -0.15) is 0 Å². The average Bonchev–Trinajstić information content (AvgIpc) is 3.84. The van der Waals surface area contributed by atoms with Crippen LogP contribution in [-0.4, -0.2) is 14.1 Å². The van der Waals surface area contributed by atoms with Crippen LogP contribution in [0.15, 0.2) is 168 Å². The Morgan fingerprint density at radius 1 is 0.429 bits per heavy atom. The molecule has 0 aliphatic rings. The summed E-state index contributed by atoms with van der Waals surface area (Å²) in [5, 5.41) is 9.46. The van der Waals surface area contributed by atoms with E-state index >= 15 is 0 Å². The van der Waals surface area contributed by atoms with Crippen LogP contribution in [0.5, 0.6) is 0 Å². The number of imidazole rings is 1. The lowest BCUT2D eigenvalue weighted by atomic mass is 10.0. The molecule has 4 nitrogen and oxygen atoms in total. The molecule has 0 saturated heterocycles. The van der Waals surface area contributed by atoms with Gasteiger partial charge in [-0.3, -0.25) is 4.57 Å². The van der Waals surface area contributed by atoms with Gasteiger partial charge in [0.15, 0.2) is 0 Å². The van der Waals surface area contributed by atoms with Gasteiger partial charge < -0.3 is 8.98 Å². The Morgan fingerprint density at radius 3 is 1.94 bits per heavy atom. The maximum absolute atomic E-state index is 6.68. The Balaban J connectivity index is 1.17. The number of fused-ring (bicyclic) bond motifs is 11. The third kappa shape index (κ3) is 3.77. The smallest absolute Gasteiger partial charge is 0.145 e. The highest BCUT2D eigenvalue weighted by atomic mass is 16.3. The number of para-hydroxylation sites is 3. The standard InChI is InChI=1S/C45H27N3O/c1-2-12-31(13-3-1)48-40-17-9-8-16-39(40)46-45(48)30-18-22-32(23-19-30)47-41-27-42-38(36-25-21-29-11-5-7-15-34(29)44(36)49-42)26-37(41)35-24-20-28-10-4-6-14-33(28)43(35)47/h1-27H. The van der Waals surface area contributed by atoms with E-state index in [1.807, 2.05) is 12.1 Å². The van der Waals surface area contributed by atoms with E-state index in [4.69, 9.17) is 9.40 Å². The van der Waals surface area contributed by atoms with Crippen LogP contribution < -0.4 is 0 Å². The van der Waals surface area contributed by atoms with Crippen molar-refractivity contribution in [2.24, 2.45) is 0 Å². The highest BCUT2D eigenvalue weighted by Gasteiger charge is 2.20. The minimum atomic E-state index is 0.889. The lowest BCUT2D eigenvalue weighted by Gasteiger charge is -2.12. The van der Waals surface area contributed by atoms with E-state index in [0.717, 1.165) is 66.6 Å². The molecular formula is C45H27N3O. The van der Waals surface area contributed by atoms with E-state index < -0.39 is 0 Å². The van der Waals surface area contributed by atoms with Gasteiger partial charge in [0, 0.05) is 55.3 Å². The molecule has 0 saturated carbocycles. The first-order valence-electron chi connectivity index (χ1n) is 16.6.